The molecule has 0 fully saturated rings. The normalized spacial score (nSPS) is 12.8. The zero-order valence-corrected chi connectivity index (χ0v) is 13.3. The van der Waals surface area contributed by atoms with Crippen LogP contribution in [0.5, 0.6) is 0 Å². The van der Waals surface area contributed by atoms with Crippen molar-refractivity contribution in [1.82, 2.24) is 9.97 Å². The fraction of sp³-hybridized carbons (Fsp3) is 0.692. The van der Waals surface area contributed by atoms with Crippen LogP contribution in [0.4, 0.5) is 5.82 Å². The van der Waals surface area contributed by atoms with E-state index in [0.717, 1.165) is 23.6 Å². The molecule has 0 aliphatic rings. The molecule has 1 rings (SSSR count). The van der Waals surface area contributed by atoms with E-state index in [0.29, 0.717) is 17.1 Å². The topological polar surface area (TPSA) is 29.0 Å². The van der Waals surface area contributed by atoms with Gasteiger partial charge in [0.2, 0.25) is 0 Å². The van der Waals surface area contributed by atoms with Crippen LogP contribution in [0.1, 0.15) is 38.7 Å². The molecule has 0 aromatic carbocycles. The first-order chi connectivity index (χ1) is 8.49. The summed E-state index contributed by atoms with van der Waals surface area (Å²) in [6.07, 6.45) is 4.81. The van der Waals surface area contributed by atoms with Crippen molar-refractivity contribution in [3.05, 3.63) is 17.0 Å². The van der Waals surface area contributed by atoms with Crippen LogP contribution in [0, 0.1) is 0 Å². The van der Waals surface area contributed by atoms with E-state index in [2.05, 4.69) is 48.9 Å². The van der Waals surface area contributed by atoms with Crippen LogP contribution >= 0.6 is 23.4 Å². The molecular weight excluding hydrogens is 266 g/mol. The van der Waals surface area contributed by atoms with Crippen molar-refractivity contribution in [2.24, 2.45) is 0 Å². The molecule has 0 N–H and O–H groups in total. The zero-order valence-electron chi connectivity index (χ0n) is 11.8. The van der Waals surface area contributed by atoms with Gasteiger partial charge in [-0.05, 0) is 31.3 Å². The van der Waals surface area contributed by atoms with Gasteiger partial charge in [0.1, 0.15) is 17.3 Å². The van der Waals surface area contributed by atoms with Crippen molar-refractivity contribution in [3.8, 4) is 0 Å². The molecule has 0 saturated heterocycles. The molecule has 102 valence electrons. The molecule has 0 bridgehead atoms. The number of anilines is 1. The van der Waals surface area contributed by atoms with E-state index in [1.807, 2.05) is 11.8 Å². The Morgan fingerprint density at radius 3 is 2.56 bits per heavy atom. The van der Waals surface area contributed by atoms with E-state index >= 15 is 0 Å². The zero-order chi connectivity index (χ0) is 13.7. The third kappa shape index (κ3) is 3.75. The first-order valence-electron chi connectivity index (χ1n) is 6.21. The van der Waals surface area contributed by atoms with E-state index < -0.39 is 0 Å². The van der Waals surface area contributed by atoms with Crippen molar-refractivity contribution in [2.75, 3.05) is 24.0 Å². The maximum absolute atomic E-state index is 6.20. The van der Waals surface area contributed by atoms with Gasteiger partial charge < -0.3 is 4.90 Å². The number of halogens is 1. The quantitative estimate of drug-likeness (QED) is 0.744. The van der Waals surface area contributed by atoms with E-state index in [1.54, 1.807) is 6.33 Å². The van der Waals surface area contributed by atoms with Gasteiger partial charge in [-0.25, -0.2) is 9.97 Å². The summed E-state index contributed by atoms with van der Waals surface area (Å²) in [6, 6.07) is 0.445. The number of aromatic nitrogens is 2. The minimum Gasteiger partial charge on any atom is -0.357 e. The van der Waals surface area contributed by atoms with Crippen LogP contribution in [-0.4, -0.2) is 35.1 Å². The molecule has 3 nitrogen and oxygen atoms in total. The standard InChI is InChI=1S/C13H22ClN3S/c1-9(2)11-12(14)15-8-16-13(11)17(4)10(3)6-7-18-5/h8-10H,6-7H2,1-5H3. The summed E-state index contributed by atoms with van der Waals surface area (Å²) < 4.78 is 0. The first kappa shape index (κ1) is 15.6. The smallest absolute Gasteiger partial charge is 0.138 e. The largest absolute Gasteiger partial charge is 0.357 e. The van der Waals surface area contributed by atoms with Crippen LogP contribution in [0.3, 0.4) is 0 Å². The van der Waals surface area contributed by atoms with Gasteiger partial charge in [0.15, 0.2) is 0 Å². The molecule has 0 aliphatic heterocycles. The SMILES string of the molecule is CSCCC(C)N(C)c1ncnc(Cl)c1C(C)C. The number of rotatable bonds is 6. The summed E-state index contributed by atoms with van der Waals surface area (Å²) in [5, 5.41) is 0.568. The fourth-order valence-corrected chi connectivity index (χ4v) is 2.76. The lowest BCUT2D eigenvalue weighted by atomic mass is 10.0. The number of thioether (sulfide) groups is 1. The summed E-state index contributed by atoms with van der Waals surface area (Å²) in [7, 11) is 2.08. The summed E-state index contributed by atoms with van der Waals surface area (Å²) in [4.78, 5) is 10.7. The second-order valence-corrected chi connectivity index (χ2v) is 6.14. The molecule has 1 unspecified atom stereocenters. The van der Waals surface area contributed by atoms with Gasteiger partial charge in [-0.15, -0.1) is 0 Å². The van der Waals surface area contributed by atoms with Crippen LogP contribution in [-0.2, 0) is 0 Å². The van der Waals surface area contributed by atoms with Gasteiger partial charge in [0, 0.05) is 18.7 Å². The second kappa shape index (κ2) is 7.19. The lowest BCUT2D eigenvalue weighted by Gasteiger charge is -2.28. The third-order valence-corrected chi connectivity index (χ3v) is 4.07. The maximum Gasteiger partial charge on any atom is 0.138 e. The molecule has 0 amide bonds. The van der Waals surface area contributed by atoms with E-state index in [4.69, 9.17) is 11.6 Å². The lowest BCUT2D eigenvalue weighted by molar-refractivity contribution is 0.653. The van der Waals surface area contributed by atoms with Gasteiger partial charge in [0.05, 0.1) is 0 Å². The van der Waals surface area contributed by atoms with Gasteiger partial charge in [-0.2, -0.15) is 11.8 Å². The molecular formula is C13H22ClN3S. The van der Waals surface area contributed by atoms with Crippen LogP contribution < -0.4 is 4.90 Å². The molecule has 0 radical (unpaired) electrons. The highest BCUT2D eigenvalue weighted by Crippen LogP contribution is 2.31. The Labute approximate surface area is 119 Å². The van der Waals surface area contributed by atoms with Crippen molar-refractivity contribution < 1.29 is 0 Å². The lowest BCUT2D eigenvalue weighted by Crippen LogP contribution is -2.31. The summed E-state index contributed by atoms with van der Waals surface area (Å²) in [5.41, 5.74) is 1.04. The van der Waals surface area contributed by atoms with E-state index in [1.165, 1.54) is 0 Å². The predicted molar refractivity (Wildman–Crippen MR) is 82.0 cm³/mol. The van der Waals surface area contributed by atoms with Crippen molar-refractivity contribution in [2.45, 2.75) is 39.2 Å². The first-order valence-corrected chi connectivity index (χ1v) is 7.98. The van der Waals surface area contributed by atoms with Gasteiger partial charge in [-0.3, -0.25) is 0 Å². The Morgan fingerprint density at radius 1 is 1.33 bits per heavy atom. The Hall–Kier alpha value is -0.480. The number of nitrogens with zero attached hydrogens (tertiary/aromatic N) is 3. The molecule has 18 heavy (non-hydrogen) atoms. The summed E-state index contributed by atoms with van der Waals surface area (Å²) in [5.74, 6) is 2.43. The number of hydrogen-bond acceptors (Lipinski definition) is 4. The Balaban J connectivity index is 2.97. The minimum atomic E-state index is 0.323. The highest BCUT2D eigenvalue weighted by atomic mass is 35.5. The van der Waals surface area contributed by atoms with Gasteiger partial charge in [0.25, 0.3) is 0 Å². The molecule has 0 aliphatic carbocycles. The molecule has 5 heteroatoms. The van der Waals surface area contributed by atoms with Crippen LogP contribution in [0.25, 0.3) is 0 Å². The monoisotopic (exact) mass is 287 g/mol. The summed E-state index contributed by atoms with van der Waals surface area (Å²) in [6.45, 7) is 6.46. The Morgan fingerprint density at radius 2 is 2.00 bits per heavy atom. The molecule has 0 spiro atoms. The van der Waals surface area contributed by atoms with Gasteiger partial charge in [-0.1, -0.05) is 25.4 Å². The van der Waals surface area contributed by atoms with Crippen molar-refractivity contribution >= 4 is 29.2 Å². The highest BCUT2D eigenvalue weighted by molar-refractivity contribution is 7.98. The molecule has 0 saturated carbocycles. The minimum absolute atomic E-state index is 0.323. The highest BCUT2D eigenvalue weighted by Gasteiger charge is 2.19. The Bertz CT molecular complexity index is 384. The van der Waals surface area contributed by atoms with Crippen LogP contribution in [0.15, 0.2) is 6.33 Å². The predicted octanol–water partition coefficient (Wildman–Crippen LogP) is 3.83. The summed E-state index contributed by atoms with van der Waals surface area (Å²) >= 11 is 8.07. The van der Waals surface area contributed by atoms with Crippen molar-refractivity contribution in [1.29, 1.82) is 0 Å². The average molecular weight is 288 g/mol. The number of hydrogen-bond donors (Lipinski definition) is 0. The Kier molecular flexibility index (Phi) is 6.22. The molecule has 1 atom stereocenters. The fourth-order valence-electron chi connectivity index (χ4n) is 1.83. The third-order valence-electron chi connectivity index (χ3n) is 3.13. The average Bonchev–Trinajstić information content (AvgIpc) is 2.34. The van der Waals surface area contributed by atoms with E-state index in [9.17, 15) is 0 Å². The van der Waals surface area contributed by atoms with Crippen molar-refractivity contribution in [3.63, 3.8) is 0 Å². The van der Waals surface area contributed by atoms with E-state index in [-0.39, 0.29) is 0 Å². The van der Waals surface area contributed by atoms with Gasteiger partial charge >= 0.3 is 0 Å². The molecule has 1 aromatic heterocycles. The van der Waals surface area contributed by atoms with Crippen LogP contribution in [0.2, 0.25) is 5.15 Å². The maximum atomic E-state index is 6.20. The second-order valence-electron chi connectivity index (χ2n) is 4.80. The molecule has 1 heterocycles. The molecule has 1 aromatic rings.